The molecule has 0 aliphatic carbocycles. The van der Waals surface area contributed by atoms with Gasteiger partial charge in [-0.1, -0.05) is 96.5 Å². The molecule has 134 heavy (non-hydrogen) atoms. The highest BCUT2D eigenvalue weighted by molar-refractivity contribution is 6.05. The van der Waals surface area contributed by atoms with Crippen molar-refractivity contribution in [3.05, 3.63) is 71.9 Å². The number of nitrogens with zero attached hydrogens (tertiary/aromatic N) is 2. The first-order chi connectivity index (χ1) is 62.3. The summed E-state index contributed by atoms with van der Waals surface area (Å²) in [5.41, 5.74) is 2.16. The number of carboxylic acid groups (broad SMARTS) is 1. The van der Waals surface area contributed by atoms with Crippen molar-refractivity contribution in [2.24, 2.45) is 23.3 Å². The Morgan fingerprint density at radius 3 is 1.56 bits per heavy atom. The number of carbonyl (C=O) groups is 20. The topological polar surface area (TPSA) is 657 Å². The van der Waals surface area contributed by atoms with Crippen molar-refractivity contribution < 1.29 is 111 Å². The van der Waals surface area contributed by atoms with Crippen molar-refractivity contribution in [3.8, 4) is 0 Å². The number of aliphatic hydroxyl groups excluding tert-OH is 2. The third kappa shape index (κ3) is 30.2. The molecular formula is C91H138N20O23. The molecule has 0 spiro atoms. The standard InChI is InChI=1S/C91H138N20O23/c1-19-48(6)68(103-82(131)87(11,12)104-74(123)59(36-38-66(93)116)100-83(132)91(18,21-3)108-76(125)62(96-50(8)113)42-52-44-94-55-31-26-25-30-54(52)55)79(128)102-69(49(7)112)80(129)107-86(9,10)81(130)101-60(40-47(4)5)75(124)106-88(13,14)84(133)110-39-27-32-63(110)77(126)98-58(35-37-65(92)115)73(122)105-89(15,16)85(134)111-46-53(114)43-64(111)78(127)109-90(17,20-2)70(119)56-33-34-57(97-56)72(121)99-61(71(120)95-45-67(117)118)41-51-28-23-22-24-29-51/h22-26,28-31,44,47-49,53,56-64,68-69,94,97,112,114H,19-21,27,32-43,45-46H2,1-18H3,(H2,92,115)(H2,93,116)(H,95,120)(H,96,113)(H,98,126)(H,99,121)(H,100,132)(H,101,130)(H,102,128)(H,103,131)(H,104,123)(H,105,122)(H,106,124)(H,107,129)(H,108,125)(H,109,127)(H,117,118)/t48-,49?,53?,56?,57+,58+,59+,60+,61+,62+,63+,64+,68+,69+,90?,91?/m1/s1. The van der Waals surface area contributed by atoms with E-state index >= 15 is 0 Å². The number of nitrogens with two attached hydrogens (primary N) is 2. The minimum Gasteiger partial charge on any atom is -0.480 e. The lowest BCUT2D eigenvalue weighted by atomic mass is 9.87. The van der Waals surface area contributed by atoms with Crippen LogP contribution < -0.4 is 91.2 Å². The van der Waals surface area contributed by atoms with Gasteiger partial charge in [-0.2, -0.15) is 0 Å². The van der Waals surface area contributed by atoms with Gasteiger partial charge in [-0.3, -0.25) is 101 Å². The number of hydrogen-bond acceptors (Lipinski definition) is 23. The second-order valence-electron chi connectivity index (χ2n) is 38.0. The van der Waals surface area contributed by atoms with Gasteiger partial charge in [0.25, 0.3) is 0 Å². The molecule has 3 aromatic rings. The molecule has 3 saturated heterocycles. The molecule has 43 heteroatoms. The van der Waals surface area contributed by atoms with E-state index in [2.05, 4.69) is 84.7 Å². The van der Waals surface area contributed by atoms with E-state index in [1.165, 1.54) is 88.0 Å². The first-order valence-corrected chi connectivity index (χ1v) is 45.3. The number of fused-ring (bicyclic) bond motifs is 1. The SMILES string of the molecule is CC[C@@H](C)[C@H](NC(=O)C(C)(C)NC(=O)[C@H](CCC(N)=O)NC(=O)C(C)(CC)NC(=O)[C@H](Cc1c[nH]c2ccccc12)NC(C)=O)C(=O)N[C@H](C(=O)NC(C)(C)C(=O)N[C@@H](CC(C)C)C(=O)NC(C)(C)C(=O)N1CCC[C@H]1C(=O)N[C@@H](CCC(N)=O)C(=O)NC(C)(C)C(=O)N1CC(O)C[C@H]1C(=O)NC(C)(CC)C(=O)C1CC[C@@H](C(=O)N[C@@H](Cc2ccccc2)C(=O)NCC(=O)O)N1)C(C)O. The summed E-state index contributed by atoms with van der Waals surface area (Å²) < 4.78 is 0. The number of amides is 18. The first kappa shape index (κ1) is 110. The molecule has 5 unspecified atom stereocenters. The van der Waals surface area contributed by atoms with Gasteiger partial charge in [-0.05, 0) is 163 Å². The lowest BCUT2D eigenvalue weighted by Crippen LogP contribution is -2.66. The van der Waals surface area contributed by atoms with Crippen molar-refractivity contribution >= 4 is 129 Å². The number of nitrogens with one attached hydrogen (secondary N) is 16. The quantitative estimate of drug-likeness (QED) is 0.0275. The fourth-order valence-electron chi connectivity index (χ4n) is 16.0. The lowest BCUT2D eigenvalue weighted by molar-refractivity contribution is -0.147. The molecule has 0 saturated carbocycles. The number of ketones is 1. The largest absolute Gasteiger partial charge is 0.480 e. The average molecular weight is 1880 g/mol. The summed E-state index contributed by atoms with van der Waals surface area (Å²) >= 11 is 0. The van der Waals surface area contributed by atoms with Gasteiger partial charge in [0.15, 0.2) is 5.78 Å². The highest BCUT2D eigenvalue weighted by Gasteiger charge is 2.51. The predicted molar refractivity (Wildman–Crippen MR) is 488 cm³/mol. The van der Waals surface area contributed by atoms with Crippen molar-refractivity contribution in [2.45, 2.75) is 333 Å². The third-order valence-electron chi connectivity index (χ3n) is 24.6. The van der Waals surface area contributed by atoms with Crippen molar-refractivity contribution in [3.63, 3.8) is 0 Å². The number of carboxylic acids is 1. The van der Waals surface area contributed by atoms with E-state index in [0.29, 0.717) is 11.1 Å². The van der Waals surface area contributed by atoms with Crippen LogP contribution >= 0.6 is 0 Å². The third-order valence-corrected chi connectivity index (χ3v) is 24.6. The van der Waals surface area contributed by atoms with E-state index < -0.39 is 268 Å². The molecule has 6 rings (SSSR count). The number of β-amino-alcohol motifs (C(OH)–C–C–N with tert-alkyl or cyclic N) is 1. The van der Waals surface area contributed by atoms with Crippen LogP contribution in [-0.4, -0.2) is 280 Å². The van der Waals surface area contributed by atoms with E-state index in [0.717, 1.165) is 15.8 Å². The summed E-state index contributed by atoms with van der Waals surface area (Å²) in [5, 5.41) is 71.4. The van der Waals surface area contributed by atoms with Crippen LogP contribution in [0, 0.1) is 11.8 Å². The van der Waals surface area contributed by atoms with Gasteiger partial charge >= 0.3 is 5.97 Å². The number of primary amides is 2. The van der Waals surface area contributed by atoms with E-state index in [1.54, 1.807) is 78.1 Å². The predicted octanol–water partition coefficient (Wildman–Crippen LogP) is -2.64. The zero-order valence-corrected chi connectivity index (χ0v) is 79.7. The van der Waals surface area contributed by atoms with Crippen LogP contribution in [0.4, 0.5) is 0 Å². The number of aromatic amines is 1. The van der Waals surface area contributed by atoms with Crippen LogP contribution in [0.1, 0.15) is 219 Å². The normalized spacial score (nSPS) is 19.2. The number of H-pyrrole nitrogens is 1. The smallest absolute Gasteiger partial charge is 0.322 e. The molecule has 18 amide bonds. The summed E-state index contributed by atoms with van der Waals surface area (Å²) in [6.45, 7) is 24.4. The number of benzene rings is 2. The Morgan fingerprint density at radius 1 is 0.500 bits per heavy atom. The first-order valence-electron chi connectivity index (χ1n) is 45.3. The molecule has 740 valence electrons. The monoisotopic (exact) mass is 1880 g/mol. The maximum absolute atomic E-state index is 14.8. The number of rotatable bonds is 49. The van der Waals surface area contributed by atoms with Crippen LogP contribution in [-0.2, 0) is 109 Å². The number of carbonyl (C=O) groups excluding carboxylic acids is 19. The molecule has 1 aromatic heterocycles. The second kappa shape index (κ2) is 47.4. The number of aliphatic carboxylic acids is 1. The summed E-state index contributed by atoms with van der Waals surface area (Å²) in [4.78, 5) is 282. The fraction of sp³-hybridized carbons (Fsp3) is 0.626. The van der Waals surface area contributed by atoms with Crippen LogP contribution in [0.25, 0.3) is 10.9 Å². The molecule has 0 radical (unpaired) electrons. The van der Waals surface area contributed by atoms with Gasteiger partial charge in [0.1, 0.15) is 88.6 Å². The minimum absolute atomic E-state index is 0.0100. The van der Waals surface area contributed by atoms with Gasteiger partial charge in [-0.15, -0.1) is 0 Å². The molecule has 0 bridgehead atoms. The van der Waals surface area contributed by atoms with E-state index in [-0.39, 0.29) is 89.5 Å². The number of para-hydroxylation sites is 1. The molecule has 3 aliphatic rings. The van der Waals surface area contributed by atoms with E-state index in [9.17, 15) is 111 Å². The van der Waals surface area contributed by atoms with Crippen molar-refractivity contribution in [1.82, 2.24) is 94.5 Å². The Kier molecular flexibility index (Phi) is 39.0. The minimum atomic E-state index is -1.95. The number of hydrogen-bond donors (Lipinski definition) is 21. The molecule has 3 aliphatic heterocycles. The highest BCUT2D eigenvalue weighted by atomic mass is 16.4. The molecule has 2 aromatic carbocycles. The highest BCUT2D eigenvalue weighted by Crippen LogP contribution is 2.30. The average Bonchev–Trinajstić information content (AvgIpc) is 1.67. The summed E-state index contributed by atoms with van der Waals surface area (Å²) in [7, 11) is 0. The fourth-order valence-corrected chi connectivity index (χ4v) is 16.0. The summed E-state index contributed by atoms with van der Waals surface area (Å²) in [5.74, 6) is -18.5. The summed E-state index contributed by atoms with van der Waals surface area (Å²) in [6, 6.07) is 1.03. The maximum atomic E-state index is 14.8. The Hall–Kier alpha value is -12.5. The van der Waals surface area contributed by atoms with Gasteiger partial charge in [-0.25, -0.2) is 0 Å². The van der Waals surface area contributed by atoms with Gasteiger partial charge in [0.2, 0.25) is 106 Å². The van der Waals surface area contributed by atoms with E-state index in [1.807, 2.05) is 24.3 Å². The Bertz CT molecular complexity index is 4840. The lowest BCUT2D eigenvalue weighted by Gasteiger charge is -2.37. The van der Waals surface area contributed by atoms with Crippen molar-refractivity contribution in [1.29, 1.82) is 0 Å². The van der Waals surface area contributed by atoms with Crippen LogP contribution in [0.15, 0.2) is 60.8 Å². The Balaban J connectivity index is 1.07. The molecule has 3 fully saturated rings. The van der Waals surface area contributed by atoms with Crippen LogP contribution in [0.5, 0.6) is 0 Å². The number of likely N-dealkylation sites (tertiary alicyclic amines) is 2. The van der Waals surface area contributed by atoms with Gasteiger partial charge in [0.05, 0.1) is 29.8 Å². The second-order valence-corrected chi connectivity index (χ2v) is 38.0. The summed E-state index contributed by atoms with van der Waals surface area (Å²) in [6.07, 6.45) is -2.54. The van der Waals surface area contributed by atoms with E-state index in [4.69, 9.17) is 11.5 Å². The Morgan fingerprint density at radius 2 is 1.01 bits per heavy atom. The molecule has 4 heterocycles. The van der Waals surface area contributed by atoms with Crippen LogP contribution in [0.2, 0.25) is 0 Å². The molecule has 43 nitrogen and oxygen atoms in total. The van der Waals surface area contributed by atoms with Gasteiger partial charge in [0, 0.05) is 69.2 Å². The number of aromatic nitrogens is 1. The maximum Gasteiger partial charge on any atom is 0.322 e. The molecule has 23 N–H and O–H groups in total. The Labute approximate surface area is 779 Å². The zero-order valence-electron chi connectivity index (χ0n) is 79.7. The number of Topliss-reactive ketones (excluding diaryl/α,β-unsaturated/α-hetero) is 1. The number of aliphatic hydroxyl groups is 2. The molecule has 16 atom stereocenters. The van der Waals surface area contributed by atoms with Crippen LogP contribution in [0.3, 0.4) is 0 Å². The molecular weight excluding hydrogens is 1740 g/mol. The van der Waals surface area contributed by atoms with Gasteiger partial charge < -0.3 is 116 Å². The van der Waals surface area contributed by atoms with Crippen molar-refractivity contribution in [2.75, 3.05) is 19.6 Å². The zero-order chi connectivity index (χ0) is 101.